The lowest BCUT2D eigenvalue weighted by Gasteiger charge is -2.31. The minimum atomic E-state index is 0.0963. The summed E-state index contributed by atoms with van der Waals surface area (Å²) in [5, 5.41) is 11.5. The van der Waals surface area contributed by atoms with E-state index in [-0.39, 0.29) is 17.4 Å². The maximum absolute atomic E-state index is 11.9. The second-order valence-corrected chi connectivity index (χ2v) is 11.4. The Morgan fingerprint density at radius 2 is 2.12 bits per heavy atom. The predicted molar refractivity (Wildman–Crippen MR) is 115 cm³/mol. The van der Waals surface area contributed by atoms with Gasteiger partial charge < -0.3 is 5.32 Å². The highest BCUT2D eigenvalue weighted by molar-refractivity contribution is 9.11. The SMILES string of the molecule is Cc1c(Br)sc2sc(C3CCNC(SCC(=O)NC(C)C)N3)c(C)c12. The number of nitrogens with one attached hydrogen (secondary N) is 3. The molecular weight excluding hydrogens is 438 g/mol. The minimum Gasteiger partial charge on any atom is -0.353 e. The number of aryl methyl sites for hydroxylation is 2. The molecule has 0 bridgehead atoms. The van der Waals surface area contributed by atoms with Crippen LogP contribution in [0.15, 0.2) is 3.79 Å². The Morgan fingerprint density at radius 1 is 1.36 bits per heavy atom. The van der Waals surface area contributed by atoms with Gasteiger partial charge >= 0.3 is 0 Å². The first-order valence-electron chi connectivity index (χ1n) is 8.45. The minimum absolute atomic E-state index is 0.0963. The molecule has 0 spiro atoms. The van der Waals surface area contributed by atoms with Crippen LogP contribution in [0.4, 0.5) is 0 Å². The molecule has 1 amide bonds. The van der Waals surface area contributed by atoms with E-state index in [2.05, 4.69) is 45.7 Å². The zero-order valence-electron chi connectivity index (χ0n) is 14.9. The van der Waals surface area contributed by atoms with Crippen molar-refractivity contribution in [3.05, 3.63) is 19.8 Å². The molecule has 0 radical (unpaired) electrons. The van der Waals surface area contributed by atoms with Crippen LogP contribution in [0.25, 0.3) is 9.40 Å². The topological polar surface area (TPSA) is 53.2 Å². The van der Waals surface area contributed by atoms with Gasteiger partial charge in [-0.1, -0.05) is 0 Å². The normalized spacial score (nSPS) is 21.2. The zero-order valence-corrected chi connectivity index (χ0v) is 18.9. The molecule has 138 valence electrons. The van der Waals surface area contributed by atoms with Crippen LogP contribution in [-0.4, -0.2) is 29.7 Å². The molecule has 2 aromatic rings. The van der Waals surface area contributed by atoms with E-state index < -0.39 is 0 Å². The van der Waals surface area contributed by atoms with E-state index in [0.717, 1.165) is 13.0 Å². The maximum atomic E-state index is 11.9. The molecule has 2 unspecified atom stereocenters. The van der Waals surface area contributed by atoms with Crippen molar-refractivity contribution in [2.75, 3.05) is 12.3 Å². The second-order valence-electron chi connectivity index (χ2n) is 6.63. The van der Waals surface area contributed by atoms with Crippen molar-refractivity contribution in [2.45, 2.75) is 51.7 Å². The molecule has 25 heavy (non-hydrogen) atoms. The van der Waals surface area contributed by atoms with Crippen molar-refractivity contribution in [3.63, 3.8) is 0 Å². The Bertz CT molecular complexity index is 771. The van der Waals surface area contributed by atoms with Crippen molar-refractivity contribution in [2.24, 2.45) is 0 Å². The van der Waals surface area contributed by atoms with Gasteiger partial charge in [0, 0.05) is 22.3 Å². The van der Waals surface area contributed by atoms with Gasteiger partial charge in [-0.25, -0.2) is 0 Å². The number of carbonyl (C=O) groups excluding carboxylic acids is 1. The number of carbonyl (C=O) groups is 1. The van der Waals surface area contributed by atoms with Crippen LogP contribution in [0.3, 0.4) is 0 Å². The zero-order chi connectivity index (χ0) is 18.1. The summed E-state index contributed by atoms with van der Waals surface area (Å²) in [4.78, 5) is 13.3. The number of thioether (sulfide) groups is 1. The number of hydrogen-bond acceptors (Lipinski definition) is 6. The molecule has 3 N–H and O–H groups in total. The average Bonchev–Trinajstić information content (AvgIpc) is 3.02. The Kier molecular flexibility index (Phi) is 6.50. The van der Waals surface area contributed by atoms with Gasteiger partial charge in [0.25, 0.3) is 0 Å². The standard InChI is InChI=1S/C17H24BrN3OS3/c1-8(2)20-12(22)7-23-17-19-6-5-11(21-17)14-9(3)13-10(4)15(18)25-16(13)24-14/h8,11,17,19,21H,5-7H2,1-4H3,(H,20,22). The highest BCUT2D eigenvalue weighted by Gasteiger charge is 2.27. The molecule has 8 heteroatoms. The number of rotatable bonds is 5. The molecule has 1 saturated heterocycles. The van der Waals surface area contributed by atoms with Gasteiger partial charge in [0.15, 0.2) is 0 Å². The lowest BCUT2D eigenvalue weighted by atomic mass is 10.0. The summed E-state index contributed by atoms with van der Waals surface area (Å²) >= 11 is 9.04. The fourth-order valence-corrected chi connectivity index (χ4v) is 7.73. The second kappa shape index (κ2) is 8.27. The van der Waals surface area contributed by atoms with Gasteiger partial charge in [-0.05, 0) is 67.7 Å². The molecule has 3 rings (SSSR count). The molecule has 1 fully saturated rings. The quantitative estimate of drug-likeness (QED) is 0.612. The molecule has 3 heterocycles. The van der Waals surface area contributed by atoms with Gasteiger partial charge in [-0.3, -0.25) is 15.4 Å². The van der Waals surface area contributed by atoms with Gasteiger partial charge in [0.2, 0.25) is 5.91 Å². The lowest BCUT2D eigenvalue weighted by molar-refractivity contribution is -0.119. The van der Waals surface area contributed by atoms with Crippen molar-refractivity contribution in [1.29, 1.82) is 0 Å². The first-order chi connectivity index (χ1) is 11.9. The highest BCUT2D eigenvalue weighted by atomic mass is 79.9. The number of halogens is 1. The molecule has 0 aliphatic carbocycles. The summed E-state index contributed by atoms with van der Waals surface area (Å²) in [6, 6.07) is 0.548. The van der Waals surface area contributed by atoms with Crippen LogP contribution >= 0.6 is 50.4 Å². The summed E-state index contributed by atoms with van der Waals surface area (Å²) < 4.78 is 2.64. The molecule has 2 aromatic heterocycles. The van der Waals surface area contributed by atoms with Crippen molar-refractivity contribution < 1.29 is 4.79 Å². The number of amides is 1. The number of hydrogen-bond donors (Lipinski definition) is 3. The number of thiophene rings is 2. The molecule has 0 saturated carbocycles. The van der Waals surface area contributed by atoms with Crippen LogP contribution in [0, 0.1) is 13.8 Å². The summed E-state index contributed by atoms with van der Waals surface area (Å²) in [7, 11) is 0. The highest BCUT2D eigenvalue weighted by Crippen LogP contribution is 2.45. The van der Waals surface area contributed by atoms with E-state index in [4.69, 9.17) is 0 Å². The predicted octanol–water partition coefficient (Wildman–Crippen LogP) is 4.51. The fraction of sp³-hybridized carbons (Fsp3) is 0.588. The molecule has 2 atom stereocenters. The smallest absolute Gasteiger partial charge is 0.230 e. The largest absolute Gasteiger partial charge is 0.353 e. The van der Waals surface area contributed by atoms with Crippen LogP contribution in [0.1, 0.15) is 42.3 Å². The van der Waals surface area contributed by atoms with E-state index in [1.807, 2.05) is 36.5 Å². The van der Waals surface area contributed by atoms with Gasteiger partial charge in [0.05, 0.1) is 13.6 Å². The summed E-state index contributed by atoms with van der Waals surface area (Å²) in [5.41, 5.74) is 2.87. The third-order valence-corrected chi connectivity index (χ3v) is 8.99. The van der Waals surface area contributed by atoms with Gasteiger partial charge in [-0.15, -0.1) is 34.4 Å². The average molecular weight is 463 g/mol. The van der Waals surface area contributed by atoms with Crippen LogP contribution < -0.4 is 16.0 Å². The Hall–Kier alpha value is -0.120. The van der Waals surface area contributed by atoms with Crippen molar-refractivity contribution in [1.82, 2.24) is 16.0 Å². The molecule has 4 nitrogen and oxygen atoms in total. The Balaban J connectivity index is 1.67. The Labute approximate surface area is 169 Å². The van der Waals surface area contributed by atoms with Crippen molar-refractivity contribution in [3.8, 4) is 0 Å². The van der Waals surface area contributed by atoms with E-state index in [1.165, 1.54) is 29.2 Å². The maximum Gasteiger partial charge on any atom is 0.230 e. The van der Waals surface area contributed by atoms with Crippen LogP contribution in [0.2, 0.25) is 0 Å². The summed E-state index contributed by atoms with van der Waals surface area (Å²) in [6.07, 6.45) is 1.07. The monoisotopic (exact) mass is 461 g/mol. The van der Waals surface area contributed by atoms with E-state index in [9.17, 15) is 4.79 Å². The molecular formula is C17H24BrN3OS3. The van der Waals surface area contributed by atoms with Crippen LogP contribution in [-0.2, 0) is 4.79 Å². The first-order valence-corrected chi connectivity index (χ1v) is 11.9. The van der Waals surface area contributed by atoms with Crippen LogP contribution in [0.5, 0.6) is 0 Å². The first kappa shape index (κ1) is 19.6. The van der Waals surface area contributed by atoms with Gasteiger partial charge in [0.1, 0.15) is 5.50 Å². The number of fused-ring (bicyclic) bond motifs is 1. The Morgan fingerprint density at radius 3 is 2.80 bits per heavy atom. The van der Waals surface area contributed by atoms with E-state index in [1.54, 1.807) is 11.8 Å². The van der Waals surface area contributed by atoms with Gasteiger partial charge in [-0.2, -0.15) is 0 Å². The molecule has 1 aliphatic heterocycles. The third-order valence-electron chi connectivity index (χ3n) is 4.27. The third kappa shape index (κ3) is 4.42. The van der Waals surface area contributed by atoms with E-state index in [0.29, 0.717) is 11.8 Å². The van der Waals surface area contributed by atoms with Crippen molar-refractivity contribution >= 4 is 65.7 Å². The molecule has 0 aromatic carbocycles. The molecule has 1 aliphatic rings. The summed E-state index contributed by atoms with van der Waals surface area (Å²) in [5.74, 6) is 0.569. The van der Waals surface area contributed by atoms with E-state index >= 15 is 0 Å². The summed E-state index contributed by atoms with van der Waals surface area (Å²) in [6.45, 7) is 9.37. The fourth-order valence-electron chi connectivity index (χ4n) is 3.12. The lowest BCUT2D eigenvalue weighted by Crippen LogP contribution is -2.48.